The van der Waals surface area contributed by atoms with Crippen molar-refractivity contribution in [2.45, 2.75) is 40.7 Å². The summed E-state index contributed by atoms with van der Waals surface area (Å²) in [6.07, 6.45) is 1.10. The van der Waals surface area contributed by atoms with Crippen molar-refractivity contribution in [3.05, 3.63) is 60.6 Å². The standard InChI is InChI=1S/C23H26ClN3O3S/c1-13-9-14(2)11-25(10-13)19(28)12-26-22-20(15(3)16(4)31-22)21(29)27(23(26)30)18-7-5-17(24)6-8-18/h5-8,13-14H,9-12H2,1-4H3/t13-,14+. The second-order valence-corrected chi connectivity index (χ2v) is 10.3. The number of benzene rings is 1. The molecule has 0 N–H and O–H groups in total. The van der Waals surface area contributed by atoms with Gasteiger partial charge in [-0.1, -0.05) is 25.4 Å². The number of fused-ring (bicyclic) bond motifs is 1. The van der Waals surface area contributed by atoms with Gasteiger partial charge in [0, 0.05) is 23.0 Å². The molecular weight excluding hydrogens is 434 g/mol. The Balaban J connectivity index is 1.87. The Labute approximate surface area is 189 Å². The maximum Gasteiger partial charge on any atom is 0.337 e. The predicted molar refractivity (Wildman–Crippen MR) is 126 cm³/mol. The van der Waals surface area contributed by atoms with E-state index in [0.29, 0.717) is 45.9 Å². The number of piperidine rings is 1. The first-order chi connectivity index (χ1) is 14.7. The lowest BCUT2D eigenvalue weighted by Crippen LogP contribution is -2.46. The zero-order chi connectivity index (χ0) is 22.4. The van der Waals surface area contributed by atoms with E-state index in [9.17, 15) is 14.4 Å². The van der Waals surface area contributed by atoms with Gasteiger partial charge in [0.1, 0.15) is 11.4 Å². The Morgan fingerprint density at radius 3 is 2.32 bits per heavy atom. The number of carbonyl (C=O) groups excluding carboxylic acids is 1. The van der Waals surface area contributed by atoms with E-state index in [4.69, 9.17) is 11.6 Å². The minimum absolute atomic E-state index is 0.0813. The van der Waals surface area contributed by atoms with E-state index in [-0.39, 0.29) is 18.0 Å². The van der Waals surface area contributed by atoms with Gasteiger partial charge in [-0.2, -0.15) is 0 Å². The first-order valence-electron chi connectivity index (χ1n) is 10.5. The largest absolute Gasteiger partial charge is 0.341 e. The lowest BCUT2D eigenvalue weighted by molar-refractivity contribution is -0.134. The molecule has 6 nitrogen and oxygen atoms in total. The number of aromatic nitrogens is 2. The molecule has 2 aromatic heterocycles. The highest BCUT2D eigenvalue weighted by Gasteiger charge is 2.27. The Hall–Kier alpha value is -2.38. The number of halogens is 1. The Kier molecular flexibility index (Phi) is 5.83. The van der Waals surface area contributed by atoms with Crippen LogP contribution in [0.25, 0.3) is 15.9 Å². The highest BCUT2D eigenvalue weighted by Crippen LogP contribution is 2.28. The summed E-state index contributed by atoms with van der Waals surface area (Å²) in [7, 11) is 0. The molecule has 164 valence electrons. The molecule has 1 amide bonds. The van der Waals surface area contributed by atoms with Gasteiger partial charge in [-0.05, 0) is 61.9 Å². The second-order valence-electron chi connectivity index (χ2n) is 8.69. The van der Waals surface area contributed by atoms with E-state index < -0.39 is 5.69 Å². The number of carbonyl (C=O) groups is 1. The quantitative estimate of drug-likeness (QED) is 0.594. The molecule has 0 spiro atoms. The van der Waals surface area contributed by atoms with E-state index in [1.54, 1.807) is 24.3 Å². The van der Waals surface area contributed by atoms with Crippen LogP contribution in [0.1, 0.15) is 30.7 Å². The van der Waals surface area contributed by atoms with Gasteiger partial charge in [-0.15, -0.1) is 11.3 Å². The number of rotatable bonds is 3. The summed E-state index contributed by atoms with van der Waals surface area (Å²) in [6, 6.07) is 6.58. The van der Waals surface area contributed by atoms with Gasteiger partial charge < -0.3 is 4.90 Å². The van der Waals surface area contributed by atoms with E-state index >= 15 is 0 Å². The maximum absolute atomic E-state index is 13.5. The fourth-order valence-electron chi connectivity index (χ4n) is 4.52. The minimum atomic E-state index is -0.507. The summed E-state index contributed by atoms with van der Waals surface area (Å²) < 4.78 is 2.61. The Morgan fingerprint density at radius 2 is 1.71 bits per heavy atom. The van der Waals surface area contributed by atoms with Crippen LogP contribution < -0.4 is 11.2 Å². The number of amides is 1. The zero-order valence-electron chi connectivity index (χ0n) is 18.1. The van der Waals surface area contributed by atoms with Crippen LogP contribution in [-0.4, -0.2) is 33.0 Å². The van der Waals surface area contributed by atoms with Gasteiger partial charge in [0.25, 0.3) is 5.56 Å². The number of aryl methyl sites for hydroxylation is 2. The van der Waals surface area contributed by atoms with Crippen LogP contribution in [-0.2, 0) is 11.3 Å². The van der Waals surface area contributed by atoms with E-state index in [1.165, 1.54) is 15.9 Å². The number of likely N-dealkylation sites (tertiary alicyclic amines) is 1. The average molecular weight is 460 g/mol. The van der Waals surface area contributed by atoms with Gasteiger partial charge in [-0.3, -0.25) is 14.2 Å². The van der Waals surface area contributed by atoms with Crippen LogP contribution in [0.5, 0.6) is 0 Å². The van der Waals surface area contributed by atoms with E-state index in [1.807, 2.05) is 18.7 Å². The van der Waals surface area contributed by atoms with Gasteiger partial charge in [0.15, 0.2) is 0 Å². The van der Waals surface area contributed by atoms with Gasteiger partial charge >= 0.3 is 5.69 Å². The smallest absolute Gasteiger partial charge is 0.337 e. The predicted octanol–water partition coefficient (Wildman–Crippen LogP) is 3.99. The van der Waals surface area contributed by atoms with Crippen LogP contribution in [0, 0.1) is 25.7 Å². The average Bonchev–Trinajstić information content (AvgIpc) is 3.00. The van der Waals surface area contributed by atoms with Crippen LogP contribution in [0.15, 0.2) is 33.9 Å². The molecule has 1 aromatic carbocycles. The molecule has 1 fully saturated rings. The van der Waals surface area contributed by atoms with Crippen molar-refractivity contribution < 1.29 is 4.79 Å². The number of hydrogen-bond acceptors (Lipinski definition) is 4. The molecule has 31 heavy (non-hydrogen) atoms. The normalized spacial score (nSPS) is 19.2. The van der Waals surface area contributed by atoms with Crippen LogP contribution in [0.2, 0.25) is 5.02 Å². The lowest BCUT2D eigenvalue weighted by atomic mass is 9.92. The summed E-state index contributed by atoms with van der Waals surface area (Å²) in [5.74, 6) is 0.768. The summed E-state index contributed by atoms with van der Waals surface area (Å²) in [5.41, 5.74) is 0.403. The first kappa shape index (κ1) is 21.8. The molecule has 4 rings (SSSR count). The molecule has 1 aliphatic heterocycles. The molecule has 0 saturated carbocycles. The van der Waals surface area contributed by atoms with Crippen molar-refractivity contribution >= 4 is 39.1 Å². The number of hydrogen-bond donors (Lipinski definition) is 0. The van der Waals surface area contributed by atoms with Crippen molar-refractivity contribution in [3.63, 3.8) is 0 Å². The molecule has 3 heterocycles. The molecular formula is C23H26ClN3O3S. The number of thiophene rings is 1. The minimum Gasteiger partial charge on any atom is -0.341 e. The summed E-state index contributed by atoms with van der Waals surface area (Å²) in [4.78, 5) is 43.4. The van der Waals surface area contributed by atoms with Crippen LogP contribution in [0.3, 0.4) is 0 Å². The molecule has 1 aliphatic rings. The second kappa shape index (κ2) is 8.28. The van der Waals surface area contributed by atoms with E-state index in [0.717, 1.165) is 21.4 Å². The summed E-state index contributed by atoms with van der Waals surface area (Å²) in [6.45, 7) is 9.41. The lowest BCUT2D eigenvalue weighted by Gasteiger charge is -2.35. The topological polar surface area (TPSA) is 64.3 Å². The fourth-order valence-corrected chi connectivity index (χ4v) is 5.78. The molecule has 0 radical (unpaired) electrons. The zero-order valence-corrected chi connectivity index (χ0v) is 19.7. The van der Waals surface area contributed by atoms with Crippen molar-refractivity contribution in [3.8, 4) is 5.69 Å². The van der Waals surface area contributed by atoms with Crippen molar-refractivity contribution in [2.75, 3.05) is 13.1 Å². The molecule has 2 atom stereocenters. The Bertz CT molecular complexity index is 1260. The molecule has 0 unspecified atom stereocenters. The maximum atomic E-state index is 13.5. The molecule has 3 aromatic rings. The van der Waals surface area contributed by atoms with Crippen LogP contribution in [0.4, 0.5) is 0 Å². The number of nitrogens with zero attached hydrogens (tertiary/aromatic N) is 3. The molecule has 1 saturated heterocycles. The van der Waals surface area contributed by atoms with Gasteiger partial charge in [-0.25, -0.2) is 9.36 Å². The summed E-state index contributed by atoms with van der Waals surface area (Å²) in [5, 5.41) is 1.01. The van der Waals surface area contributed by atoms with Crippen molar-refractivity contribution in [2.24, 2.45) is 11.8 Å². The fraction of sp³-hybridized carbons (Fsp3) is 0.435. The van der Waals surface area contributed by atoms with Crippen molar-refractivity contribution in [1.29, 1.82) is 0 Å². The molecule has 0 bridgehead atoms. The third kappa shape index (κ3) is 3.96. The van der Waals surface area contributed by atoms with Crippen LogP contribution >= 0.6 is 22.9 Å². The monoisotopic (exact) mass is 459 g/mol. The first-order valence-corrected chi connectivity index (χ1v) is 11.7. The highest BCUT2D eigenvalue weighted by atomic mass is 35.5. The van der Waals surface area contributed by atoms with Gasteiger partial charge in [0.05, 0.1) is 11.1 Å². The SMILES string of the molecule is Cc1sc2c(c1C)c(=O)n(-c1ccc(Cl)cc1)c(=O)n2CC(=O)N1C[C@H](C)C[C@H](C)C1. The third-order valence-corrected chi connectivity index (χ3v) is 7.53. The highest BCUT2D eigenvalue weighted by molar-refractivity contribution is 7.18. The van der Waals surface area contributed by atoms with Crippen molar-refractivity contribution in [1.82, 2.24) is 14.0 Å². The van der Waals surface area contributed by atoms with E-state index in [2.05, 4.69) is 13.8 Å². The molecule has 0 aliphatic carbocycles. The Morgan fingerprint density at radius 1 is 1.10 bits per heavy atom. The van der Waals surface area contributed by atoms with Gasteiger partial charge in [0.2, 0.25) is 5.91 Å². The third-order valence-electron chi connectivity index (χ3n) is 6.05. The molecule has 8 heteroatoms. The summed E-state index contributed by atoms with van der Waals surface area (Å²) >= 11 is 7.38.